The van der Waals surface area contributed by atoms with Gasteiger partial charge in [-0.2, -0.15) is 0 Å². The molecule has 0 aromatic heterocycles. The SMILES string of the molecule is COC(=O)CC(C)Nc1ccc([N+](=O)[O-])c2ccccc12. The second kappa shape index (κ2) is 6.21. The van der Waals surface area contributed by atoms with Gasteiger partial charge in [0.1, 0.15) is 0 Å². The Hall–Kier alpha value is -2.63. The maximum Gasteiger partial charge on any atom is 0.307 e. The first-order chi connectivity index (χ1) is 10.0. The average molecular weight is 288 g/mol. The van der Waals surface area contributed by atoms with E-state index in [1.807, 2.05) is 19.1 Å². The zero-order chi connectivity index (χ0) is 15.4. The normalized spacial score (nSPS) is 11.9. The van der Waals surface area contributed by atoms with Gasteiger partial charge in [0.15, 0.2) is 0 Å². The summed E-state index contributed by atoms with van der Waals surface area (Å²) in [6.45, 7) is 1.85. The number of nitro benzene ring substituents is 1. The van der Waals surface area contributed by atoms with Crippen LogP contribution in [0.25, 0.3) is 10.8 Å². The van der Waals surface area contributed by atoms with Crippen molar-refractivity contribution in [1.29, 1.82) is 0 Å². The van der Waals surface area contributed by atoms with Crippen molar-refractivity contribution >= 4 is 28.1 Å². The van der Waals surface area contributed by atoms with Gasteiger partial charge in [-0.3, -0.25) is 14.9 Å². The molecule has 2 aromatic rings. The van der Waals surface area contributed by atoms with Crippen LogP contribution in [0.1, 0.15) is 13.3 Å². The number of nitrogens with one attached hydrogen (secondary N) is 1. The molecule has 1 atom stereocenters. The largest absolute Gasteiger partial charge is 0.469 e. The molecule has 110 valence electrons. The first kappa shape index (κ1) is 14.8. The maximum atomic E-state index is 11.3. The van der Waals surface area contributed by atoms with Crippen molar-refractivity contribution in [2.24, 2.45) is 0 Å². The lowest BCUT2D eigenvalue weighted by Crippen LogP contribution is -2.20. The van der Waals surface area contributed by atoms with Crippen LogP contribution >= 0.6 is 0 Å². The second-order valence-electron chi connectivity index (χ2n) is 4.76. The van der Waals surface area contributed by atoms with E-state index in [4.69, 9.17) is 0 Å². The quantitative estimate of drug-likeness (QED) is 0.519. The van der Waals surface area contributed by atoms with Crippen LogP contribution in [0.15, 0.2) is 36.4 Å². The van der Waals surface area contributed by atoms with E-state index < -0.39 is 4.92 Å². The number of esters is 1. The summed E-state index contributed by atoms with van der Waals surface area (Å²) in [7, 11) is 1.34. The molecule has 0 heterocycles. The van der Waals surface area contributed by atoms with E-state index in [0.29, 0.717) is 5.39 Å². The molecule has 2 aromatic carbocycles. The van der Waals surface area contributed by atoms with Crippen LogP contribution in [0.5, 0.6) is 0 Å². The minimum atomic E-state index is -0.399. The standard InChI is InChI=1S/C15H16N2O4/c1-10(9-15(18)21-2)16-13-7-8-14(17(19)20)12-6-4-3-5-11(12)13/h3-8,10,16H,9H2,1-2H3. The molecule has 1 N–H and O–H groups in total. The number of hydrogen-bond acceptors (Lipinski definition) is 5. The number of non-ortho nitro benzene ring substituents is 1. The van der Waals surface area contributed by atoms with Gasteiger partial charge >= 0.3 is 5.97 Å². The van der Waals surface area contributed by atoms with Crippen LogP contribution in [0.3, 0.4) is 0 Å². The van der Waals surface area contributed by atoms with Crippen molar-refractivity contribution in [1.82, 2.24) is 0 Å². The number of methoxy groups -OCH3 is 1. The first-order valence-corrected chi connectivity index (χ1v) is 6.52. The molecule has 6 heteroatoms. The zero-order valence-corrected chi connectivity index (χ0v) is 11.8. The van der Waals surface area contributed by atoms with Gasteiger partial charge in [0.2, 0.25) is 0 Å². The lowest BCUT2D eigenvalue weighted by atomic mass is 10.1. The molecule has 21 heavy (non-hydrogen) atoms. The van der Waals surface area contributed by atoms with E-state index in [1.54, 1.807) is 18.2 Å². The van der Waals surface area contributed by atoms with E-state index >= 15 is 0 Å². The number of ether oxygens (including phenoxy) is 1. The van der Waals surface area contributed by atoms with Crippen LogP contribution in [0.2, 0.25) is 0 Å². The molecule has 0 saturated heterocycles. The highest BCUT2D eigenvalue weighted by atomic mass is 16.6. The molecule has 1 unspecified atom stereocenters. The number of carbonyl (C=O) groups excluding carboxylic acids is 1. The first-order valence-electron chi connectivity index (χ1n) is 6.52. The summed E-state index contributed by atoms with van der Waals surface area (Å²) in [6.07, 6.45) is 0.224. The summed E-state index contributed by atoms with van der Waals surface area (Å²) >= 11 is 0. The molecule has 6 nitrogen and oxygen atoms in total. The predicted molar refractivity (Wildman–Crippen MR) is 80.3 cm³/mol. The molecular formula is C15H16N2O4. The van der Waals surface area contributed by atoms with Crippen molar-refractivity contribution in [3.63, 3.8) is 0 Å². The molecule has 0 aliphatic carbocycles. The summed E-state index contributed by atoms with van der Waals surface area (Å²) in [6, 6.07) is 10.1. The third kappa shape index (κ3) is 3.28. The summed E-state index contributed by atoms with van der Waals surface area (Å²) in [5.74, 6) is -0.304. The Morgan fingerprint density at radius 1 is 1.29 bits per heavy atom. The lowest BCUT2D eigenvalue weighted by molar-refractivity contribution is -0.383. The Bertz CT molecular complexity index is 684. The predicted octanol–water partition coefficient (Wildman–Crippen LogP) is 3.11. The molecule has 0 aliphatic heterocycles. The summed E-state index contributed by atoms with van der Waals surface area (Å²) in [5, 5.41) is 15.6. The van der Waals surface area contributed by atoms with Crippen LogP contribution in [0, 0.1) is 10.1 Å². The van der Waals surface area contributed by atoms with E-state index in [-0.39, 0.29) is 24.1 Å². The van der Waals surface area contributed by atoms with Crippen LogP contribution in [0.4, 0.5) is 11.4 Å². The number of nitrogens with zero attached hydrogens (tertiary/aromatic N) is 1. The van der Waals surface area contributed by atoms with Gasteiger partial charge in [0, 0.05) is 23.2 Å². The Balaban J connectivity index is 2.35. The zero-order valence-electron chi connectivity index (χ0n) is 11.8. The fourth-order valence-corrected chi connectivity index (χ4v) is 2.22. The van der Waals surface area contributed by atoms with Crippen LogP contribution in [-0.2, 0) is 9.53 Å². The van der Waals surface area contributed by atoms with E-state index in [2.05, 4.69) is 10.1 Å². The second-order valence-corrected chi connectivity index (χ2v) is 4.76. The Morgan fingerprint density at radius 3 is 2.57 bits per heavy atom. The molecule has 0 fully saturated rings. The average Bonchev–Trinajstić information content (AvgIpc) is 2.47. The third-order valence-electron chi connectivity index (χ3n) is 3.20. The van der Waals surface area contributed by atoms with Crippen LogP contribution < -0.4 is 5.32 Å². The van der Waals surface area contributed by atoms with Gasteiger partial charge in [-0.05, 0) is 19.1 Å². The summed E-state index contributed by atoms with van der Waals surface area (Å²) in [5.41, 5.74) is 0.823. The van der Waals surface area contributed by atoms with Gasteiger partial charge < -0.3 is 10.1 Å². The van der Waals surface area contributed by atoms with E-state index in [0.717, 1.165) is 11.1 Å². The lowest BCUT2D eigenvalue weighted by Gasteiger charge is -2.16. The maximum absolute atomic E-state index is 11.3. The molecular weight excluding hydrogens is 272 g/mol. The number of rotatable bonds is 5. The number of benzene rings is 2. The molecule has 0 saturated carbocycles. The number of hydrogen-bond donors (Lipinski definition) is 1. The fraction of sp³-hybridized carbons (Fsp3) is 0.267. The van der Waals surface area contributed by atoms with Crippen molar-refractivity contribution in [3.05, 3.63) is 46.5 Å². The molecule has 0 bridgehead atoms. The van der Waals surface area contributed by atoms with Gasteiger partial charge in [-0.1, -0.05) is 18.2 Å². The summed E-state index contributed by atoms with van der Waals surface area (Å²) < 4.78 is 4.63. The van der Waals surface area contributed by atoms with Gasteiger partial charge in [-0.15, -0.1) is 0 Å². The van der Waals surface area contributed by atoms with Crippen molar-refractivity contribution in [2.75, 3.05) is 12.4 Å². The topological polar surface area (TPSA) is 81.5 Å². The van der Waals surface area contributed by atoms with Crippen molar-refractivity contribution in [2.45, 2.75) is 19.4 Å². The van der Waals surface area contributed by atoms with E-state index in [1.165, 1.54) is 13.2 Å². The highest BCUT2D eigenvalue weighted by molar-refractivity contribution is 5.99. The van der Waals surface area contributed by atoms with Crippen molar-refractivity contribution in [3.8, 4) is 0 Å². The minimum Gasteiger partial charge on any atom is -0.469 e. The Kier molecular flexibility index (Phi) is 4.37. The van der Waals surface area contributed by atoms with Crippen molar-refractivity contribution < 1.29 is 14.5 Å². The van der Waals surface area contributed by atoms with Crippen LogP contribution in [-0.4, -0.2) is 24.0 Å². The highest BCUT2D eigenvalue weighted by Gasteiger charge is 2.15. The molecule has 0 spiro atoms. The summed E-state index contributed by atoms with van der Waals surface area (Å²) in [4.78, 5) is 21.9. The van der Waals surface area contributed by atoms with Gasteiger partial charge in [0.05, 0.1) is 23.8 Å². The molecule has 2 rings (SSSR count). The molecule has 0 aliphatic rings. The Morgan fingerprint density at radius 2 is 1.95 bits per heavy atom. The third-order valence-corrected chi connectivity index (χ3v) is 3.20. The smallest absolute Gasteiger partial charge is 0.307 e. The number of nitro groups is 1. The van der Waals surface area contributed by atoms with Gasteiger partial charge in [0.25, 0.3) is 5.69 Å². The Labute approximate surface area is 121 Å². The number of anilines is 1. The molecule has 0 amide bonds. The highest BCUT2D eigenvalue weighted by Crippen LogP contribution is 2.31. The van der Waals surface area contributed by atoms with E-state index in [9.17, 15) is 14.9 Å². The monoisotopic (exact) mass is 288 g/mol. The number of carbonyl (C=O) groups is 1. The fourth-order valence-electron chi connectivity index (χ4n) is 2.22. The minimum absolute atomic E-state index is 0.0665. The molecule has 0 radical (unpaired) electrons. The van der Waals surface area contributed by atoms with Gasteiger partial charge in [-0.25, -0.2) is 0 Å². The number of fused-ring (bicyclic) bond motifs is 1.